The van der Waals surface area contributed by atoms with Gasteiger partial charge in [0.1, 0.15) is 6.10 Å². The fraction of sp³-hybridized carbons (Fsp3) is 0.731. The summed E-state index contributed by atoms with van der Waals surface area (Å²) >= 11 is 0. The van der Waals surface area contributed by atoms with Gasteiger partial charge in [-0.1, -0.05) is 13.0 Å². The monoisotopic (exact) mass is 459 g/mol. The van der Waals surface area contributed by atoms with Crippen molar-refractivity contribution in [2.75, 3.05) is 20.2 Å². The van der Waals surface area contributed by atoms with E-state index in [0.29, 0.717) is 24.5 Å². The summed E-state index contributed by atoms with van der Waals surface area (Å²) in [6.07, 6.45) is 4.39. The summed E-state index contributed by atoms with van der Waals surface area (Å²) in [6.45, 7) is 4.19. The minimum atomic E-state index is -0.919. The Bertz CT molecular complexity index is 905. The van der Waals surface area contributed by atoms with Gasteiger partial charge in [0.05, 0.1) is 24.4 Å². The summed E-state index contributed by atoms with van der Waals surface area (Å²) in [5, 5.41) is 33.5. The fourth-order valence-corrected chi connectivity index (χ4v) is 7.86. The number of hydrogen-bond acceptors (Lipinski definition) is 7. The number of aromatic hydroxyl groups is 1. The smallest absolute Gasteiger partial charge is 0.306 e. The number of ether oxygens (including phenoxy) is 2. The number of aryl methyl sites for hydroxylation is 1. The molecule has 4 fully saturated rings. The zero-order valence-corrected chi connectivity index (χ0v) is 19.7. The van der Waals surface area contributed by atoms with Crippen molar-refractivity contribution < 1.29 is 29.6 Å². The number of benzene rings is 1. The highest BCUT2D eigenvalue weighted by Gasteiger charge is 2.72. The number of esters is 1. The molecule has 7 nitrogen and oxygen atoms in total. The van der Waals surface area contributed by atoms with Crippen molar-refractivity contribution in [3.05, 3.63) is 23.8 Å². The van der Waals surface area contributed by atoms with Gasteiger partial charge in [0, 0.05) is 18.3 Å². The summed E-state index contributed by atoms with van der Waals surface area (Å²) < 4.78 is 11.1. The Morgan fingerprint density at radius 1 is 1.24 bits per heavy atom. The number of aliphatic hydroxyl groups is 2. The van der Waals surface area contributed by atoms with Crippen molar-refractivity contribution >= 4 is 5.97 Å². The van der Waals surface area contributed by atoms with E-state index in [1.54, 1.807) is 18.2 Å². The van der Waals surface area contributed by atoms with Crippen LogP contribution in [0.4, 0.5) is 0 Å². The van der Waals surface area contributed by atoms with Crippen molar-refractivity contribution in [1.29, 1.82) is 0 Å². The van der Waals surface area contributed by atoms with E-state index in [9.17, 15) is 20.1 Å². The zero-order chi connectivity index (χ0) is 23.4. The molecule has 0 radical (unpaired) electrons. The van der Waals surface area contributed by atoms with Crippen molar-refractivity contribution in [2.24, 2.45) is 17.8 Å². The van der Waals surface area contributed by atoms with E-state index in [2.05, 4.69) is 11.8 Å². The first-order chi connectivity index (χ1) is 15.8. The number of carbonyl (C=O) groups excluding carboxylic acids is 1. The first-order valence-electron chi connectivity index (χ1n) is 12.5. The Balaban J connectivity index is 1.36. The molecule has 2 aliphatic carbocycles. The highest BCUT2D eigenvalue weighted by molar-refractivity contribution is 5.70. The van der Waals surface area contributed by atoms with Crippen molar-refractivity contribution in [2.45, 2.75) is 81.6 Å². The average molecular weight is 460 g/mol. The van der Waals surface area contributed by atoms with Gasteiger partial charge in [0.25, 0.3) is 0 Å². The highest BCUT2D eigenvalue weighted by Crippen LogP contribution is 2.62. The molecule has 5 rings (SSSR count). The molecule has 0 aromatic heterocycles. The Morgan fingerprint density at radius 2 is 2.03 bits per heavy atom. The lowest BCUT2D eigenvalue weighted by atomic mass is 9.45. The maximum Gasteiger partial charge on any atom is 0.306 e. The molecular weight excluding hydrogens is 422 g/mol. The predicted octanol–water partition coefficient (Wildman–Crippen LogP) is 2.64. The summed E-state index contributed by atoms with van der Waals surface area (Å²) in [4.78, 5) is 15.4. The molecule has 1 aromatic carbocycles. The second-order valence-corrected chi connectivity index (χ2v) is 10.8. The lowest BCUT2D eigenvalue weighted by Crippen LogP contribution is -2.83. The molecule has 2 heterocycles. The van der Waals surface area contributed by atoms with Gasteiger partial charge in [-0.05, 0) is 81.6 Å². The second-order valence-electron chi connectivity index (χ2n) is 10.8. The number of rotatable bonds is 5. The third-order valence-corrected chi connectivity index (χ3v) is 9.06. The van der Waals surface area contributed by atoms with E-state index in [4.69, 9.17) is 9.47 Å². The third kappa shape index (κ3) is 3.46. The standard InChI is InChI=1S/C26H37NO6/c1-16-13-19-24(33-22(29)9-7-17-6-8-20(28)21(14-17)32-2)23(30)18-5-3-11-27-12-4-10-26(19,31)25(18,27)15-16/h6,8,14,16,18-19,23-24,28,30-31H,3-5,7,9-13,15H2,1-2H3/t16-,18+,19-,23-,24-,25-,26-/m0/s1. The molecule has 0 unspecified atom stereocenters. The number of phenolic OH excluding ortho intramolecular Hbond substituents is 1. The van der Waals surface area contributed by atoms with Gasteiger partial charge in [-0.25, -0.2) is 0 Å². The van der Waals surface area contributed by atoms with Gasteiger partial charge >= 0.3 is 5.97 Å². The molecule has 7 heteroatoms. The van der Waals surface area contributed by atoms with Crippen molar-refractivity contribution in [1.82, 2.24) is 4.90 Å². The van der Waals surface area contributed by atoms with E-state index in [0.717, 1.165) is 50.8 Å². The van der Waals surface area contributed by atoms with Crippen LogP contribution in [0.1, 0.15) is 57.4 Å². The first-order valence-corrected chi connectivity index (χ1v) is 12.5. The van der Waals surface area contributed by atoms with Crippen LogP contribution in [-0.2, 0) is 16.0 Å². The van der Waals surface area contributed by atoms with Crippen LogP contribution < -0.4 is 4.74 Å². The summed E-state index contributed by atoms with van der Waals surface area (Å²) in [6, 6.07) is 5.04. The number of phenols is 1. The van der Waals surface area contributed by atoms with Crippen molar-refractivity contribution in [3.63, 3.8) is 0 Å². The molecule has 33 heavy (non-hydrogen) atoms. The van der Waals surface area contributed by atoms with E-state index >= 15 is 0 Å². The molecule has 3 N–H and O–H groups in total. The molecule has 7 atom stereocenters. The molecule has 2 saturated carbocycles. The lowest BCUT2D eigenvalue weighted by molar-refractivity contribution is -0.308. The molecular formula is C26H37NO6. The van der Waals surface area contributed by atoms with Crippen molar-refractivity contribution in [3.8, 4) is 11.5 Å². The van der Waals surface area contributed by atoms with Crippen LogP contribution in [0.5, 0.6) is 11.5 Å². The van der Waals surface area contributed by atoms with Gasteiger partial charge in [0.15, 0.2) is 11.5 Å². The molecule has 2 aliphatic heterocycles. The lowest BCUT2D eigenvalue weighted by Gasteiger charge is -2.72. The molecule has 1 spiro atoms. The van der Waals surface area contributed by atoms with Gasteiger partial charge in [0.2, 0.25) is 0 Å². The van der Waals surface area contributed by atoms with E-state index in [1.165, 1.54) is 7.11 Å². The van der Waals surface area contributed by atoms with Crippen LogP contribution in [0.15, 0.2) is 18.2 Å². The summed E-state index contributed by atoms with van der Waals surface area (Å²) in [5.74, 6) is 0.170. The Morgan fingerprint density at radius 3 is 2.82 bits per heavy atom. The SMILES string of the molecule is COc1cc(CCC(=O)O[C@@H]2[C@@H](O)[C@H]3CCCN4CCC[C@]5(O)[C@H]2C[C@H](C)C[C@@]345)ccc1O. The number of aliphatic hydroxyl groups excluding tert-OH is 1. The second kappa shape index (κ2) is 8.43. The molecule has 2 saturated heterocycles. The number of methoxy groups -OCH3 is 1. The number of hydrogen-bond donors (Lipinski definition) is 3. The molecule has 4 aliphatic rings. The van der Waals surface area contributed by atoms with E-state index in [-0.39, 0.29) is 30.0 Å². The molecule has 182 valence electrons. The minimum Gasteiger partial charge on any atom is -0.504 e. The largest absolute Gasteiger partial charge is 0.504 e. The third-order valence-electron chi connectivity index (χ3n) is 9.06. The number of nitrogens with zero attached hydrogens (tertiary/aromatic N) is 1. The van der Waals surface area contributed by atoms with Gasteiger partial charge in [-0.3, -0.25) is 9.69 Å². The summed E-state index contributed by atoms with van der Waals surface area (Å²) in [7, 11) is 1.49. The maximum atomic E-state index is 12.9. The molecule has 2 bridgehead atoms. The first kappa shape index (κ1) is 22.9. The predicted molar refractivity (Wildman–Crippen MR) is 122 cm³/mol. The number of carbonyl (C=O) groups is 1. The Kier molecular flexibility index (Phi) is 5.86. The highest BCUT2D eigenvalue weighted by atomic mass is 16.6. The van der Waals surface area contributed by atoms with Gasteiger partial charge < -0.3 is 24.8 Å². The van der Waals surface area contributed by atoms with Crippen LogP contribution in [0.3, 0.4) is 0 Å². The van der Waals surface area contributed by atoms with Crippen LogP contribution in [0.2, 0.25) is 0 Å². The quantitative estimate of drug-likeness (QED) is 0.582. The Labute approximate surface area is 195 Å². The van der Waals surface area contributed by atoms with Crippen LogP contribution in [0.25, 0.3) is 0 Å². The Hall–Kier alpha value is -1.83. The minimum absolute atomic E-state index is 0.0614. The fourth-order valence-electron chi connectivity index (χ4n) is 7.86. The maximum absolute atomic E-state index is 12.9. The average Bonchev–Trinajstić information content (AvgIpc) is 2.79. The summed E-state index contributed by atoms with van der Waals surface area (Å²) in [5.41, 5.74) is -0.446. The topological polar surface area (TPSA) is 99.5 Å². The van der Waals surface area contributed by atoms with Crippen LogP contribution in [-0.4, -0.2) is 69.7 Å². The van der Waals surface area contributed by atoms with Crippen LogP contribution in [0, 0.1) is 17.8 Å². The number of piperidine rings is 2. The normalized spacial score (nSPS) is 40.1. The molecule has 0 amide bonds. The zero-order valence-electron chi connectivity index (χ0n) is 19.7. The van der Waals surface area contributed by atoms with E-state index < -0.39 is 23.3 Å². The van der Waals surface area contributed by atoms with Crippen LogP contribution >= 0.6 is 0 Å². The van der Waals surface area contributed by atoms with Gasteiger partial charge in [-0.2, -0.15) is 0 Å². The van der Waals surface area contributed by atoms with E-state index in [1.807, 2.05) is 0 Å². The van der Waals surface area contributed by atoms with Gasteiger partial charge in [-0.15, -0.1) is 0 Å². The molecule has 1 aromatic rings.